The number of nitrogens with one attached hydrogen (secondary N) is 1. The lowest BCUT2D eigenvalue weighted by molar-refractivity contribution is 0.0915. The number of carbonyl (C=O) groups excluding carboxylic acids is 1. The van der Waals surface area contributed by atoms with E-state index in [4.69, 9.17) is 16.7 Å². The number of halogens is 1. The number of alkyl halides is 1. The minimum absolute atomic E-state index is 0.0442. The molecule has 0 spiro atoms. The zero-order chi connectivity index (χ0) is 12.0. The van der Waals surface area contributed by atoms with Crippen LogP contribution in [0.4, 0.5) is 0 Å². The van der Waals surface area contributed by atoms with Crippen molar-refractivity contribution in [2.75, 3.05) is 6.61 Å². The topological polar surface area (TPSA) is 49.3 Å². The minimum atomic E-state index is -0.188. The summed E-state index contributed by atoms with van der Waals surface area (Å²) in [6.07, 6.45) is 0.706. The summed E-state index contributed by atoms with van der Waals surface area (Å²) in [5.74, 6) is 0.214. The predicted octanol–water partition coefficient (Wildman–Crippen LogP) is 1.93. The van der Waals surface area contributed by atoms with E-state index >= 15 is 0 Å². The summed E-state index contributed by atoms with van der Waals surface area (Å²) in [6, 6.07) is 6.97. The maximum atomic E-state index is 11.8. The largest absolute Gasteiger partial charge is 0.394 e. The third-order valence-electron chi connectivity index (χ3n) is 2.39. The van der Waals surface area contributed by atoms with Gasteiger partial charge in [0.15, 0.2) is 0 Å². The molecule has 16 heavy (non-hydrogen) atoms. The fourth-order valence-corrected chi connectivity index (χ4v) is 1.51. The fraction of sp³-hybridized carbons (Fsp3) is 0.417. The summed E-state index contributed by atoms with van der Waals surface area (Å²) in [6.45, 7) is 1.87. The number of hydrogen-bond acceptors (Lipinski definition) is 2. The van der Waals surface area contributed by atoms with Crippen LogP contribution in [0.15, 0.2) is 24.3 Å². The number of rotatable bonds is 5. The van der Waals surface area contributed by atoms with Gasteiger partial charge in [-0.15, -0.1) is 11.6 Å². The molecule has 0 saturated heterocycles. The second-order valence-corrected chi connectivity index (χ2v) is 3.86. The number of hydrogen-bond donors (Lipinski definition) is 2. The van der Waals surface area contributed by atoms with Crippen LogP contribution in [0, 0.1) is 0 Å². The van der Waals surface area contributed by atoms with Crippen LogP contribution in [0.25, 0.3) is 0 Å². The van der Waals surface area contributed by atoms with Crippen LogP contribution in [-0.2, 0) is 5.88 Å². The molecule has 1 atom stereocenters. The first-order valence-electron chi connectivity index (χ1n) is 5.27. The van der Waals surface area contributed by atoms with E-state index < -0.39 is 0 Å². The van der Waals surface area contributed by atoms with Crippen molar-refractivity contribution in [2.24, 2.45) is 0 Å². The van der Waals surface area contributed by atoms with E-state index in [0.717, 1.165) is 5.56 Å². The highest BCUT2D eigenvalue weighted by Crippen LogP contribution is 2.08. The molecular formula is C12H16ClNO2. The van der Waals surface area contributed by atoms with Crippen LogP contribution in [0.2, 0.25) is 0 Å². The van der Waals surface area contributed by atoms with Crippen molar-refractivity contribution in [3.63, 3.8) is 0 Å². The van der Waals surface area contributed by atoms with Crippen molar-refractivity contribution in [3.05, 3.63) is 35.4 Å². The van der Waals surface area contributed by atoms with Crippen LogP contribution in [-0.4, -0.2) is 23.7 Å². The molecule has 0 radical (unpaired) electrons. The Labute approximate surface area is 100 Å². The third kappa shape index (κ3) is 3.51. The SMILES string of the molecule is CCC(CO)NC(=O)c1cccc(CCl)c1. The zero-order valence-corrected chi connectivity index (χ0v) is 10.00. The summed E-state index contributed by atoms with van der Waals surface area (Å²) in [4.78, 5) is 11.8. The van der Waals surface area contributed by atoms with E-state index in [2.05, 4.69) is 5.32 Å². The van der Waals surface area contributed by atoms with Crippen molar-refractivity contribution in [2.45, 2.75) is 25.3 Å². The molecule has 0 aliphatic heterocycles. The number of aliphatic hydroxyl groups excluding tert-OH is 1. The molecule has 0 heterocycles. The van der Waals surface area contributed by atoms with Gasteiger partial charge in [-0.25, -0.2) is 0 Å². The highest BCUT2D eigenvalue weighted by Gasteiger charge is 2.11. The molecule has 88 valence electrons. The molecule has 0 fully saturated rings. The van der Waals surface area contributed by atoms with Crippen LogP contribution in [0.3, 0.4) is 0 Å². The lowest BCUT2D eigenvalue weighted by Gasteiger charge is -2.14. The highest BCUT2D eigenvalue weighted by molar-refractivity contribution is 6.17. The summed E-state index contributed by atoms with van der Waals surface area (Å²) in [7, 11) is 0. The van der Waals surface area contributed by atoms with Crippen LogP contribution in [0.5, 0.6) is 0 Å². The molecule has 2 N–H and O–H groups in total. The number of carbonyl (C=O) groups is 1. The van der Waals surface area contributed by atoms with Crippen molar-refractivity contribution < 1.29 is 9.90 Å². The summed E-state index contributed by atoms with van der Waals surface area (Å²) >= 11 is 5.69. The normalized spacial score (nSPS) is 12.2. The van der Waals surface area contributed by atoms with Gasteiger partial charge in [-0.2, -0.15) is 0 Å². The van der Waals surface area contributed by atoms with Gasteiger partial charge in [0, 0.05) is 11.4 Å². The second-order valence-electron chi connectivity index (χ2n) is 3.60. The van der Waals surface area contributed by atoms with Gasteiger partial charge in [-0.05, 0) is 24.1 Å². The quantitative estimate of drug-likeness (QED) is 0.774. The molecule has 0 aliphatic carbocycles. The molecule has 3 nitrogen and oxygen atoms in total. The van der Waals surface area contributed by atoms with Crippen LogP contribution in [0.1, 0.15) is 29.3 Å². The molecule has 1 unspecified atom stereocenters. The standard InChI is InChI=1S/C12H16ClNO2/c1-2-11(8-15)14-12(16)10-5-3-4-9(6-10)7-13/h3-6,11,15H,2,7-8H2,1H3,(H,14,16). The van der Waals surface area contributed by atoms with Crippen LogP contribution >= 0.6 is 11.6 Å². The molecule has 0 aliphatic rings. The minimum Gasteiger partial charge on any atom is -0.394 e. The monoisotopic (exact) mass is 241 g/mol. The van der Waals surface area contributed by atoms with Gasteiger partial charge in [-0.1, -0.05) is 19.1 Å². The molecule has 0 saturated carbocycles. The first-order valence-corrected chi connectivity index (χ1v) is 5.81. The zero-order valence-electron chi connectivity index (χ0n) is 9.24. The summed E-state index contributed by atoms with van der Waals surface area (Å²) in [5, 5.41) is 11.7. The average molecular weight is 242 g/mol. The Hall–Kier alpha value is -1.06. The number of aliphatic hydroxyl groups is 1. The van der Waals surface area contributed by atoms with E-state index in [-0.39, 0.29) is 18.6 Å². The van der Waals surface area contributed by atoms with E-state index in [1.54, 1.807) is 18.2 Å². The number of benzene rings is 1. The Bertz CT molecular complexity index is 351. The molecular weight excluding hydrogens is 226 g/mol. The highest BCUT2D eigenvalue weighted by atomic mass is 35.5. The van der Waals surface area contributed by atoms with Crippen molar-refractivity contribution in [1.82, 2.24) is 5.32 Å². The molecule has 1 amide bonds. The van der Waals surface area contributed by atoms with E-state index in [1.807, 2.05) is 13.0 Å². The maximum Gasteiger partial charge on any atom is 0.251 e. The predicted molar refractivity (Wildman–Crippen MR) is 64.6 cm³/mol. The smallest absolute Gasteiger partial charge is 0.251 e. The lowest BCUT2D eigenvalue weighted by Crippen LogP contribution is -2.36. The van der Waals surface area contributed by atoms with Gasteiger partial charge in [-0.3, -0.25) is 4.79 Å². The van der Waals surface area contributed by atoms with Gasteiger partial charge in [0.25, 0.3) is 5.91 Å². The Morgan fingerprint density at radius 3 is 2.88 bits per heavy atom. The third-order valence-corrected chi connectivity index (χ3v) is 2.70. The van der Waals surface area contributed by atoms with Crippen molar-refractivity contribution in [1.29, 1.82) is 0 Å². The second kappa shape index (κ2) is 6.51. The van der Waals surface area contributed by atoms with Gasteiger partial charge < -0.3 is 10.4 Å². The van der Waals surface area contributed by atoms with Crippen molar-refractivity contribution in [3.8, 4) is 0 Å². The molecule has 0 aromatic heterocycles. The van der Waals surface area contributed by atoms with E-state index in [1.165, 1.54) is 0 Å². The lowest BCUT2D eigenvalue weighted by atomic mass is 10.1. The van der Waals surface area contributed by atoms with Crippen molar-refractivity contribution >= 4 is 17.5 Å². The van der Waals surface area contributed by atoms with Crippen LogP contribution < -0.4 is 5.32 Å². The Morgan fingerprint density at radius 2 is 2.31 bits per heavy atom. The average Bonchev–Trinajstić information content (AvgIpc) is 2.35. The van der Waals surface area contributed by atoms with Gasteiger partial charge in [0.1, 0.15) is 0 Å². The molecule has 1 aromatic rings. The van der Waals surface area contributed by atoms with Gasteiger partial charge in [0.05, 0.1) is 12.6 Å². The first-order chi connectivity index (χ1) is 7.71. The molecule has 1 rings (SSSR count). The molecule has 0 bridgehead atoms. The summed E-state index contributed by atoms with van der Waals surface area (Å²) < 4.78 is 0. The van der Waals surface area contributed by atoms with E-state index in [0.29, 0.717) is 17.9 Å². The van der Waals surface area contributed by atoms with E-state index in [9.17, 15) is 4.79 Å². The fourth-order valence-electron chi connectivity index (χ4n) is 1.34. The Balaban J connectivity index is 2.72. The molecule has 4 heteroatoms. The number of amides is 1. The van der Waals surface area contributed by atoms with Gasteiger partial charge >= 0.3 is 0 Å². The maximum absolute atomic E-state index is 11.8. The van der Waals surface area contributed by atoms with Gasteiger partial charge in [0.2, 0.25) is 0 Å². The first kappa shape index (κ1) is 13.0. The molecule has 1 aromatic carbocycles. The summed E-state index contributed by atoms with van der Waals surface area (Å²) in [5.41, 5.74) is 1.48. The Morgan fingerprint density at radius 1 is 1.56 bits per heavy atom. The Kier molecular flexibility index (Phi) is 5.29.